The molecule has 92 valence electrons. The van der Waals surface area contributed by atoms with Crippen LogP contribution in [0.1, 0.15) is 18.5 Å². The van der Waals surface area contributed by atoms with Gasteiger partial charge in [0.25, 0.3) is 0 Å². The Hall–Kier alpha value is -2.50. The Morgan fingerprint density at radius 2 is 2.00 bits per heavy atom. The Labute approximate surface area is 104 Å². The predicted molar refractivity (Wildman–Crippen MR) is 67.2 cm³/mol. The summed E-state index contributed by atoms with van der Waals surface area (Å²) >= 11 is 0. The first kappa shape index (κ1) is 12.0. The molecule has 0 aliphatic heterocycles. The molecule has 2 aromatic rings. The number of anilines is 1. The van der Waals surface area contributed by atoms with E-state index in [1.807, 2.05) is 19.1 Å². The molecule has 0 saturated carbocycles. The molecule has 0 unspecified atom stereocenters. The van der Waals surface area contributed by atoms with Gasteiger partial charge in [-0.05, 0) is 40.6 Å². The molecular weight excluding hydrogens is 232 g/mol. The van der Waals surface area contributed by atoms with E-state index in [1.165, 1.54) is 12.3 Å². The molecule has 2 rings (SSSR count). The van der Waals surface area contributed by atoms with Crippen LogP contribution in [0.25, 0.3) is 0 Å². The maximum atomic E-state index is 10.5. The molecule has 0 spiro atoms. The van der Waals surface area contributed by atoms with Crippen LogP contribution >= 0.6 is 0 Å². The van der Waals surface area contributed by atoms with Crippen LogP contribution < -0.4 is 5.32 Å². The third-order valence-electron chi connectivity index (χ3n) is 2.52. The highest BCUT2D eigenvalue weighted by Crippen LogP contribution is 2.19. The van der Waals surface area contributed by atoms with Gasteiger partial charge in [0.1, 0.15) is 0 Å². The first-order valence-electron chi connectivity index (χ1n) is 5.44. The zero-order chi connectivity index (χ0) is 13.0. The van der Waals surface area contributed by atoms with Crippen molar-refractivity contribution in [3.63, 3.8) is 0 Å². The summed E-state index contributed by atoms with van der Waals surface area (Å²) < 4.78 is 0. The normalized spacial score (nSPS) is 11.8. The van der Waals surface area contributed by atoms with Crippen LogP contribution in [0, 0.1) is 10.1 Å². The average molecular weight is 244 g/mol. The molecule has 0 aromatic carbocycles. The van der Waals surface area contributed by atoms with E-state index < -0.39 is 4.92 Å². The van der Waals surface area contributed by atoms with Crippen LogP contribution in [0.3, 0.4) is 0 Å². The lowest BCUT2D eigenvalue weighted by atomic mass is 10.1. The second-order valence-electron chi connectivity index (χ2n) is 3.81. The van der Waals surface area contributed by atoms with E-state index in [2.05, 4.69) is 15.3 Å². The fourth-order valence-electron chi connectivity index (χ4n) is 1.56. The third kappa shape index (κ3) is 2.79. The van der Waals surface area contributed by atoms with Gasteiger partial charge in [0.2, 0.25) is 0 Å². The van der Waals surface area contributed by atoms with Crippen molar-refractivity contribution >= 4 is 11.5 Å². The molecule has 0 aliphatic carbocycles. The van der Waals surface area contributed by atoms with Crippen LogP contribution in [-0.2, 0) is 0 Å². The number of hydrogen-bond donors (Lipinski definition) is 1. The Morgan fingerprint density at radius 3 is 2.56 bits per heavy atom. The minimum absolute atomic E-state index is 0.0799. The molecule has 18 heavy (non-hydrogen) atoms. The van der Waals surface area contributed by atoms with Crippen molar-refractivity contribution < 1.29 is 4.92 Å². The first-order valence-corrected chi connectivity index (χ1v) is 5.44. The van der Waals surface area contributed by atoms with Crippen LogP contribution in [0.4, 0.5) is 11.5 Å². The molecule has 0 amide bonds. The zero-order valence-corrected chi connectivity index (χ0v) is 9.78. The summed E-state index contributed by atoms with van der Waals surface area (Å²) in [4.78, 5) is 17.7. The molecule has 1 N–H and O–H groups in total. The average Bonchev–Trinajstić information content (AvgIpc) is 2.40. The van der Waals surface area contributed by atoms with Crippen molar-refractivity contribution in [2.24, 2.45) is 0 Å². The van der Waals surface area contributed by atoms with E-state index in [0.29, 0.717) is 0 Å². The number of nitrogens with zero attached hydrogens (tertiary/aromatic N) is 3. The Balaban J connectivity index is 2.08. The number of pyridine rings is 2. The van der Waals surface area contributed by atoms with Crippen LogP contribution in [-0.4, -0.2) is 14.9 Å². The number of rotatable bonds is 4. The number of hydrogen-bond acceptors (Lipinski definition) is 5. The van der Waals surface area contributed by atoms with E-state index in [0.717, 1.165) is 11.3 Å². The lowest BCUT2D eigenvalue weighted by Crippen LogP contribution is -2.07. The zero-order valence-electron chi connectivity index (χ0n) is 9.78. The summed E-state index contributed by atoms with van der Waals surface area (Å²) in [6, 6.07) is 6.92. The van der Waals surface area contributed by atoms with E-state index in [-0.39, 0.29) is 11.9 Å². The van der Waals surface area contributed by atoms with Gasteiger partial charge in [0.05, 0.1) is 5.69 Å². The highest BCUT2D eigenvalue weighted by molar-refractivity contribution is 5.45. The Bertz CT molecular complexity index is 528. The Morgan fingerprint density at radius 1 is 1.28 bits per heavy atom. The summed E-state index contributed by atoms with van der Waals surface area (Å²) in [5.41, 5.74) is 1.83. The monoisotopic (exact) mass is 244 g/mol. The smallest absolute Gasteiger partial charge is 0.363 e. The van der Waals surface area contributed by atoms with E-state index in [4.69, 9.17) is 0 Å². The third-order valence-corrected chi connectivity index (χ3v) is 2.52. The van der Waals surface area contributed by atoms with Gasteiger partial charge in [-0.15, -0.1) is 0 Å². The van der Waals surface area contributed by atoms with E-state index in [1.54, 1.807) is 18.5 Å². The van der Waals surface area contributed by atoms with Gasteiger partial charge in [0.15, 0.2) is 6.20 Å². The van der Waals surface area contributed by atoms with Crippen LogP contribution in [0.5, 0.6) is 0 Å². The number of nitro groups is 1. The molecule has 2 heterocycles. The second kappa shape index (κ2) is 5.22. The summed E-state index contributed by atoms with van der Waals surface area (Å²) in [5.74, 6) is -0.155. The van der Waals surface area contributed by atoms with Gasteiger partial charge in [-0.3, -0.25) is 4.98 Å². The molecule has 0 bridgehead atoms. The molecule has 6 heteroatoms. The van der Waals surface area contributed by atoms with Crippen molar-refractivity contribution in [2.75, 3.05) is 5.32 Å². The Kier molecular flexibility index (Phi) is 3.47. The first-order chi connectivity index (χ1) is 8.66. The molecule has 2 aromatic heterocycles. The van der Waals surface area contributed by atoms with Crippen molar-refractivity contribution in [1.82, 2.24) is 9.97 Å². The van der Waals surface area contributed by atoms with Gasteiger partial charge in [0, 0.05) is 24.5 Å². The largest absolute Gasteiger partial charge is 0.375 e. The van der Waals surface area contributed by atoms with Gasteiger partial charge in [-0.1, -0.05) is 0 Å². The maximum Gasteiger partial charge on any atom is 0.363 e. The quantitative estimate of drug-likeness (QED) is 0.660. The summed E-state index contributed by atoms with van der Waals surface area (Å²) in [5, 5.41) is 13.7. The molecule has 0 saturated heterocycles. The van der Waals surface area contributed by atoms with Crippen LogP contribution in [0.2, 0.25) is 0 Å². The topological polar surface area (TPSA) is 81.0 Å². The standard InChI is InChI=1S/C12H12N4O2/c1-9(10-4-6-13-7-5-10)15-11-2-3-12(14-8-11)16(17)18/h2-9,15H,1H3/t9-/m0/s1. The van der Waals surface area contributed by atoms with Gasteiger partial charge in [-0.25, -0.2) is 0 Å². The van der Waals surface area contributed by atoms with Crippen molar-refractivity contribution in [3.8, 4) is 0 Å². The highest BCUT2D eigenvalue weighted by Gasteiger charge is 2.09. The number of aromatic nitrogens is 2. The van der Waals surface area contributed by atoms with Gasteiger partial charge in [-0.2, -0.15) is 0 Å². The lowest BCUT2D eigenvalue weighted by molar-refractivity contribution is -0.389. The fourth-order valence-corrected chi connectivity index (χ4v) is 1.56. The minimum atomic E-state index is -0.518. The second-order valence-corrected chi connectivity index (χ2v) is 3.81. The summed E-state index contributed by atoms with van der Waals surface area (Å²) in [6.07, 6.45) is 4.90. The highest BCUT2D eigenvalue weighted by atomic mass is 16.6. The number of nitrogens with one attached hydrogen (secondary N) is 1. The predicted octanol–water partition coefficient (Wildman–Crippen LogP) is 2.56. The minimum Gasteiger partial charge on any atom is -0.375 e. The van der Waals surface area contributed by atoms with Gasteiger partial charge < -0.3 is 15.4 Å². The maximum absolute atomic E-state index is 10.5. The molecular formula is C12H12N4O2. The molecule has 1 atom stereocenters. The SMILES string of the molecule is C[C@H](Nc1ccc([N+](=O)[O-])nc1)c1ccncc1. The molecule has 6 nitrogen and oxygen atoms in total. The van der Waals surface area contributed by atoms with Crippen molar-refractivity contribution in [3.05, 3.63) is 58.5 Å². The van der Waals surface area contributed by atoms with Crippen LogP contribution in [0.15, 0.2) is 42.9 Å². The molecule has 0 radical (unpaired) electrons. The van der Waals surface area contributed by atoms with Crippen molar-refractivity contribution in [1.29, 1.82) is 0 Å². The summed E-state index contributed by atoms with van der Waals surface area (Å²) in [7, 11) is 0. The summed E-state index contributed by atoms with van der Waals surface area (Å²) in [6.45, 7) is 2.00. The van der Waals surface area contributed by atoms with Gasteiger partial charge >= 0.3 is 5.82 Å². The lowest BCUT2D eigenvalue weighted by Gasteiger charge is -2.14. The van der Waals surface area contributed by atoms with Crippen molar-refractivity contribution in [2.45, 2.75) is 13.0 Å². The van der Waals surface area contributed by atoms with E-state index >= 15 is 0 Å². The van der Waals surface area contributed by atoms with E-state index in [9.17, 15) is 10.1 Å². The molecule has 0 aliphatic rings. The fraction of sp³-hybridized carbons (Fsp3) is 0.167. The molecule has 0 fully saturated rings.